The molecule has 0 radical (unpaired) electrons. The minimum atomic E-state index is -0.727. The molecule has 182 valence electrons. The largest absolute Gasteiger partial charge is 0.454 e. The van der Waals surface area contributed by atoms with Crippen LogP contribution < -0.4 is 14.8 Å². The van der Waals surface area contributed by atoms with Gasteiger partial charge in [-0.1, -0.05) is 55.7 Å². The van der Waals surface area contributed by atoms with Crippen molar-refractivity contribution in [1.82, 2.24) is 10.2 Å². The molecule has 1 fully saturated rings. The molecule has 5 rings (SSSR count). The molecule has 2 heterocycles. The van der Waals surface area contributed by atoms with E-state index in [-0.39, 0.29) is 37.6 Å². The zero-order chi connectivity index (χ0) is 24.0. The number of ether oxygens (including phenoxy) is 2. The lowest BCUT2D eigenvalue weighted by Crippen LogP contribution is -2.47. The molecule has 6 nitrogen and oxygen atoms in total. The van der Waals surface area contributed by atoms with Crippen LogP contribution in [-0.2, 0) is 22.6 Å². The molecule has 1 aliphatic carbocycles. The molecular weight excluding hydrogens is 460 g/mol. The molecule has 1 unspecified atom stereocenters. The lowest BCUT2D eigenvalue weighted by atomic mass is 9.94. The van der Waals surface area contributed by atoms with Crippen molar-refractivity contribution < 1.29 is 19.1 Å². The Bertz CT molecular complexity index is 1140. The predicted molar refractivity (Wildman–Crippen MR) is 135 cm³/mol. The van der Waals surface area contributed by atoms with E-state index in [1.807, 2.05) is 65.4 Å². The number of rotatable bonds is 8. The Kier molecular flexibility index (Phi) is 7.33. The smallest absolute Gasteiger partial charge is 0.247 e. The first-order valence-electron chi connectivity index (χ1n) is 12.2. The quantitative estimate of drug-likeness (QED) is 0.469. The number of carbonyl (C=O) groups is 2. The van der Waals surface area contributed by atoms with E-state index in [9.17, 15) is 9.59 Å². The first-order chi connectivity index (χ1) is 17.2. The molecule has 35 heavy (non-hydrogen) atoms. The van der Waals surface area contributed by atoms with Crippen molar-refractivity contribution in [3.05, 3.63) is 82.0 Å². The van der Waals surface area contributed by atoms with E-state index in [4.69, 9.17) is 9.47 Å². The van der Waals surface area contributed by atoms with E-state index in [0.29, 0.717) is 11.5 Å². The summed E-state index contributed by atoms with van der Waals surface area (Å²) in [5, 5.41) is 7.21. The molecule has 1 saturated carbocycles. The maximum absolute atomic E-state index is 13.8. The van der Waals surface area contributed by atoms with Gasteiger partial charge in [0, 0.05) is 12.6 Å². The van der Waals surface area contributed by atoms with Gasteiger partial charge in [0.2, 0.25) is 18.6 Å². The number of hydrogen-bond acceptors (Lipinski definition) is 5. The van der Waals surface area contributed by atoms with Crippen LogP contribution >= 0.6 is 11.3 Å². The van der Waals surface area contributed by atoms with Gasteiger partial charge in [-0.15, -0.1) is 0 Å². The van der Waals surface area contributed by atoms with E-state index >= 15 is 0 Å². The monoisotopic (exact) mass is 490 g/mol. The van der Waals surface area contributed by atoms with Crippen LogP contribution in [0.4, 0.5) is 0 Å². The van der Waals surface area contributed by atoms with Gasteiger partial charge in [-0.2, -0.15) is 11.3 Å². The molecule has 0 saturated heterocycles. The van der Waals surface area contributed by atoms with Crippen molar-refractivity contribution in [3.8, 4) is 11.5 Å². The lowest BCUT2D eigenvalue weighted by molar-refractivity contribution is -0.141. The zero-order valence-corrected chi connectivity index (χ0v) is 20.5. The number of nitrogens with one attached hydrogen (secondary N) is 1. The second kappa shape index (κ2) is 11.0. The SMILES string of the molecule is O=C(NC1CCCCC1)C(c1ccccc1)N(Cc1ccc2c(c1)OCO2)C(=O)Cc1ccsc1. The average Bonchev–Trinajstić information content (AvgIpc) is 3.56. The molecule has 1 atom stereocenters. The van der Waals surface area contributed by atoms with Crippen molar-refractivity contribution in [3.63, 3.8) is 0 Å². The maximum Gasteiger partial charge on any atom is 0.247 e. The molecule has 1 aliphatic heterocycles. The summed E-state index contributed by atoms with van der Waals surface area (Å²) in [6.07, 6.45) is 5.67. The van der Waals surface area contributed by atoms with Crippen LogP contribution in [0, 0.1) is 0 Å². The number of nitrogens with zero attached hydrogens (tertiary/aromatic N) is 1. The maximum atomic E-state index is 13.8. The first-order valence-corrected chi connectivity index (χ1v) is 13.2. The topological polar surface area (TPSA) is 67.9 Å². The highest BCUT2D eigenvalue weighted by atomic mass is 32.1. The van der Waals surface area contributed by atoms with Crippen molar-refractivity contribution in [2.45, 2.75) is 57.2 Å². The van der Waals surface area contributed by atoms with Crippen LogP contribution in [0.2, 0.25) is 0 Å². The molecule has 2 amide bonds. The number of carbonyl (C=O) groups excluding carboxylic acids is 2. The highest BCUT2D eigenvalue weighted by Crippen LogP contribution is 2.34. The van der Waals surface area contributed by atoms with E-state index in [1.165, 1.54) is 6.42 Å². The minimum absolute atomic E-state index is 0.0892. The summed E-state index contributed by atoms with van der Waals surface area (Å²) in [5.74, 6) is 1.14. The molecular formula is C28H30N2O4S. The fourth-order valence-electron chi connectivity index (χ4n) is 4.86. The molecule has 1 N–H and O–H groups in total. The van der Waals surface area contributed by atoms with E-state index in [0.717, 1.165) is 42.4 Å². The number of hydrogen-bond donors (Lipinski definition) is 1. The molecule has 7 heteroatoms. The van der Waals surface area contributed by atoms with Crippen LogP contribution in [0.3, 0.4) is 0 Å². The van der Waals surface area contributed by atoms with Gasteiger partial charge in [-0.3, -0.25) is 9.59 Å². The Balaban J connectivity index is 1.47. The van der Waals surface area contributed by atoms with Crippen molar-refractivity contribution in [2.24, 2.45) is 0 Å². The first kappa shape index (κ1) is 23.4. The van der Waals surface area contributed by atoms with Crippen LogP contribution in [-0.4, -0.2) is 29.5 Å². The van der Waals surface area contributed by atoms with Gasteiger partial charge < -0.3 is 19.7 Å². The Morgan fingerprint density at radius 1 is 0.971 bits per heavy atom. The van der Waals surface area contributed by atoms with E-state index < -0.39 is 6.04 Å². The van der Waals surface area contributed by atoms with Crippen molar-refractivity contribution in [2.75, 3.05) is 6.79 Å². The van der Waals surface area contributed by atoms with Crippen molar-refractivity contribution in [1.29, 1.82) is 0 Å². The molecule has 2 aromatic carbocycles. The molecule has 3 aromatic rings. The van der Waals surface area contributed by atoms with Crippen LogP contribution in [0.25, 0.3) is 0 Å². The summed E-state index contributed by atoms with van der Waals surface area (Å²) in [5.41, 5.74) is 2.65. The zero-order valence-electron chi connectivity index (χ0n) is 19.7. The third-order valence-corrected chi connectivity index (χ3v) is 7.40. The Morgan fingerprint density at radius 2 is 1.77 bits per heavy atom. The number of benzene rings is 2. The van der Waals surface area contributed by atoms with Crippen molar-refractivity contribution >= 4 is 23.2 Å². The number of fused-ring (bicyclic) bond motifs is 1. The lowest BCUT2D eigenvalue weighted by Gasteiger charge is -2.33. The Morgan fingerprint density at radius 3 is 2.54 bits per heavy atom. The second-order valence-corrected chi connectivity index (χ2v) is 9.95. The van der Waals surface area contributed by atoms with Crippen LogP contribution in [0.15, 0.2) is 65.4 Å². The van der Waals surface area contributed by atoms with Gasteiger partial charge >= 0.3 is 0 Å². The van der Waals surface area contributed by atoms with Crippen LogP contribution in [0.5, 0.6) is 11.5 Å². The summed E-state index contributed by atoms with van der Waals surface area (Å²) in [6.45, 7) is 0.479. The average molecular weight is 491 g/mol. The minimum Gasteiger partial charge on any atom is -0.454 e. The highest BCUT2D eigenvalue weighted by molar-refractivity contribution is 7.08. The van der Waals surface area contributed by atoms with E-state index in [2.05, 4.69) is 5.32 Å². The van der Waals surface area contributed by atoms with Gasteiger partial charge in [0.1, 0.15) is 6.04 Å². The van der Waals surface area contributed by atoms with Gasteiger partial charge in [0.05, 0.1) is 6.42 Å². The summed E-state index contributed by atoms with van der Waals surface area (Å²) in [4.78, 5) is 29.3. The fraction of sp³-hybridized carbons (Fsp3) is 0.357. The van der Waals surface area contributed by atoms with Gasteiger partial charge in [-0.25, -0.2) is 0 Å². The predicted octanol–water partition coefficient (Wildman–Crippen LogP) is 5.24. The molecule has 2 aliphatic rings. The Hall–Kier alpha value is -3.32. The number of amides is 2. The summed E-state index contributed by atoms with van der Waals surface area (Å²) < 4.78 is 11.0. The Labute approximate surface area is 209 Å². The van der Waals surface area contributed by atoms with E-state index in [1.54, 1.807) is 16.2 Å². The summed E-state index contributed by atoms with van der Waals surface area (Å²) in [6, 6.07) is 16.7. The van der Waals surface area contributed by atoms with Crippen LogP contribution in [0.1, 0.15) is 54.8 Å². The molecule has 0 spiro atoms. The van der Waals surface area contributed by atoms with Gasteiger partial charge in [-0.05, 0) is 58.5 Å². The normalized spacial score (nSPS) is 16.0. The summed E-state index contributed by atoms with van der Waals surface area (Å²) >= 11 is 1.56. The second-order valence-electron chi connectivity index (χ2n) is 9.17. The van der Waals surface area contributed by atoms with Gasteiger partial charge in [0.15, 0.2) is 11.5 Å². The summed E-state index contributed by atoms with van der Waals surface area (Å²) in [7, 11) is 0. The third kappa shape index (κ3) is 5.68. The molecule has 0 bridgehead atoms. The number of thiophene rings is 1. The third-order valence-electron chi connectivity index (χ3n) is 6.67. The molecule has 1 aromatic heterocycles. The highest BCUT2D eigenvalue weighted by Gasteiger charge is 2.33. The standard InChI is InChI=1S/C28H30N2O4S/c31-26(16-21-13-14-35-18-21)30(17-20-11-12-24-25(15-20)34-19-33-24)27(22-7-3-1-4-8-22)28(32)29-23-9-5-2-6-10-23/h1,3-4,7-8,11-15,18,23,27H,2,5-6,9-10,16-17,19H2,(H,29,32). The fourth-order valence-corrected chi connectivity index (χ4v) is 5.53. The van der Waals surface area contributed by atoms with Gasteiger partial charge in [0.25, 0.3) is 0 Å².